The maximum atomic E-state index is 13.6. The van der Waals surface area contributed by atoms with E-state index in [-0.39, 0.29) is 36.8 Å². The zero-order valence-electron chi connectivity index (χ0n) is 13.5. The van der Waals surface area contributed by atoms with E-state index in [9.17, 15) is 18.0 Å². The Hall–Kier alpha value is -2.71. The SMILES string of the molecule is CCOC(=O)c1nn(-c2ccc(F)cc2)c(N2CCC(F)(F)C2)c1N. The van der Waals surface area contributed by atoms with Crippen molar-refractivity contribution >= 4 is 17.5 Å². The first kappa shape index (κ1) is 17.1. The van der Waals surface area contributed by atoms with Crippen molar-refractivity contribution in [3.05, 3.63) is 35.8 Å². The summed E-state index contributed by atoms with van der Waals surface area (Å²) in [5, 5.41) is 4.13. The highest BCUT2D eigenvalue weighted by atomic mass is 19.3. The van der Waals surface area contributed by atoms with Gasteiger partial charge in [-0.2, -0.15) is 5.10 Å². The zero-order chi connectivity index (χ0) is 18.2. The Balaban J connectivity index is 2.10. The molecule has 1 aliphatic rings. The van der Waals surface area contributed by atoms with Crippen LogP contribution in [-0.4, -0.2) is 41.4 Å². The third-order valence-electron chi connectivity index (χ3n) is 3.91. The first-order valence-electron chi connectivity index (χ1n) is 7.77. The Morgan fingerprint density at radius 1 is 1.36 bits per heavy atom. The lowest BCUT2D eigenvalue weighted by molar-refractivity contribution is 0.0256. The van der Waals surface area contributed by atoms with Gasteiger partial charge in [-0.15, -0.1) is 0 Å². The van der Waals surface area contributed by atoms with Crippen molar-refractivity contribution in [1.82, 2.24) is 9.78 Å². The molecule has 2 N–H and O–H groups in total. The zero-order valence-corrected chi connectivity index (χ0v) is 13.5. The van der Waals surface area contributed by atoms with Gasteiger partial charge in [0.15, 0.2) is 11.5 Å². The topological polar surface area (TPSA) is 73.4 Å². The lowest BCUT2D eigenvalue weighted by Gasteiger charge is -2.20. The number of nitrogens with zero attached hydrogens (tertiary/aromatic N) is 3. The molecule has 0 bridgehead atoms. The van der Waals surface area contributed by atoms with Gasteiger partial charge in [0.05, 0.1) is 18.8 Å². The number of aromatic nitrogens is 2. The van der Waals surface area contributed by atoms with E-state index in [1.54, 1.807) is 6.92 Å². The number of hydrogen-bond acceptors (Lipinski definition) is 5. The molecule has 0 unspecified atom stereocenters. The van der Waals surface area contributed by atoms with E-state index in [2.05, 4.69) is 5.10 Å². The summed E-state index contributed by atoms with van der Waals surface area (Å²) in [6.45, 7) is 1.28. The highest BCUT2D eigenvalue weighted by molar-refractivity contribution is 5.96. The highest BCUT2D eigenvalue weighted by Crippen LogP contribution is 2.36. The molecule has 2 heterocycles. The van der Waals surface area contributed by atoms with Crippen LogP contribution in [0.4, 0.5) is 24.7 Å². The molecule has 2 aromatic rings. The number of carbonyl (C=O) groups is 1. The number of carbonyl (C=O) groups excluding carboxylic acids is 1. The summed E-state index contributed by atoms with van der Waals surface area (Å²) >= 11 is 0. The molecule has 0 amide bonds. The Bertz CT molecular complexity index is 789. The van der Waals surface area contributed by atoms with Crippen molar-refractivity contribution in [3.8, 4) is 5.69 Å². The predicted octanol–water partition coefficient (Wildman–Crippen LogP) is 2.62. The predicted molar refractivity (Wildman–Crippen MR) is 85.7 cm³/mol. The van der Waals surface area contributed by atoms with Gasteiger partial charge in [-0.25, -0.2) is 22.6 Å². The number of nitrogens with two attached hydrogens (primary N) is 1. The molecule has 0 radical (unpaired) electrons. The van der Waals surface area contributed by atoms with Gasteiger partial charge in [0.1, 0.15) is 11.5 Å². The number of esters is 1. The van der Waals surface area contributed by atoms with Crippen molar-refractivity contribution in [1.29, 1.82) is 0 Å². The fourth-order valence-electron chi connectivity index (χ4n) is 2.75. The minimum absolute atomic E-state index is 0.0412. The quantitative estimate of drug-likeness (QED) is 0.855. The summed E-state index contributed by atoms with van der Waals surface area (Å²) in [7, 11) is 0. The monoisotopic (exact) mass is 354 g/mol. The van der Waals surface area contributed by atoms with E-state index < -0.39 is 24.3 Å². The van der Waals surface area contributed by atoms with Gasteiger partial charge < -0.3 is 15.4 Å². The number of rotatable bonds is 4. The van der Waals surface area contributed by atoms with Crippen LogP contribution in [0.2, 0.25) is 0 Å². The van der Waals surface area contributed by atoms with E-state index >= 15 is 0 Å². The lowest BCUT2D eigenvalue weighted by atomic mass is 10.3. The Morgan fingerprint density at radius 2 is 2.04 bits per heavy atom. The molecule has 1 aliphatic heterocycles. The fourth-order valence-corrected chi connectivity index (χ4v) is 2.75. The van der Waals surface area contributed by atoms with E-state index in [4.69, 9.17) is 10.5 Å². The molecule has 1 aromatic carbocycles. The number of benzene rings is 1. The van der Waals surface area contributed by atoms with Gasteiger partial charge in [0, 0.05) is 13.0 Å². The van der Waals surface area contributed by atoms with Crippen molar-refractivity contribution in [2.75, 3.05) is 30.3 Å². The Morgan fingerprint density at radius 3 is 2.60 bits per heavy atom. The van der Waals surface area contributed by atoms with E-state index in [0.717, 1.165) is 0 Å². The third-order valence-corrected chi connectivity index (χ3v) is 3.91. The van der Waals surface area contributed by atoms with Gasteiger partial charge in [-0.05, 0) is 31.2 Å². The summed E-state index contributed by atoms with van der Waals surface area (Å²) in [5.41, 5.74) is 6.23. The fraction of sp³-hybridized carbons (Fsp3) is 0.375. The molecule has 1 aromatic heterocycles. The Labute approximate surface area is 142 Å². The van der Waals surface area contributed by atoms with Crippen molar-refractivity contribution in [2.24, 2.45) is 0 Å². The minimum atomic E-state index is -2.85. The first-order chi connectivity index (χ1) is 11.8. The normalized spacial score (nSPS) is 16.2. The summed E-state index contributed by atoms with van der Waals surface area (Å²) in [4.78, 5) is 13.4. The van der Waals surface area contributed by atoms with Crippen molar-refractivity contribution in [2.45, 2.75) is 19.3 Å². The van der Waals surface area contributed by atoms with Crippen LogP contribution >= 0.6 is 0 Å². The molecular weight excluding hydrogens is 337 g/mol. The standard InChI is InChI=1S/C16H17F3N4O2/c1-2-25-15(24)13-12(20)14(22-8-7-16(18,19)9-22)23(21-13)11-5-3-10(17)4-6-11/h3-6H,2,7-9,20H2,1H3. The molecular formula is C16H17F3N4O2. The van der Waals surface area contributed by atoms with E-state index in [1.807, 2.05) is 0 Å². The molecule has 0 saturated carbocycles. The molecule has 9 heteroatoms. The van der Waals surface area contributed by atoms with Gasteiger partial charge >= 0.3 is 5.97 Å². The van der Waals surface area contributed by atoms with Crippen LogP contribution in [-0.2, 0) is 4.74 Å². The molecule has 1 saturated heterocycles. The highest BCUT2D eigenvalue weighted by Gasteiger charge is 2.41. The van der Waals surface area contributed by atoms with Crippen LogP contribution in [0, 0.1) is 5.82 Å². The van der Waals surface area contributed by atoms with Crippen LogP contribution in [0.5, 0.6) is 0 Å². The maximum Gasteiger partial charge on any atom is 0.361 e. The van der Waals surface area contributed by atoms with Crippen LogP contribution in [0.3, 0.4) is 0 Å². The number of hydrogen-bond donors (Lipinski definition) is 1. The molecule has 25 heavy (non-hydrogen) atoms. The largest absolute Gasteiger partial charge is 0.461 e. The van der Waals surface area contributed by atoms with Crippen LogP contribution < -0.4 is 10.6 Å². The maximum absolute atomic E-state index is 13.6. The molecule has 1 fully saturated rings. The molecule has 0 aliphatic carbocycles. The Kier molecular flexibility index (Phi) is 4.32. The summed E-state index contributed by atoms with van der Waals surface area (Å²) < 4.78 is 46.6. The third kappa shape index (κ3) is 3.26. The van der Waals surface area contributed by atoms with E-state index in [1.165, 1.54) is 33.8 Å². The number of anilines is 2. The smallest absolute Gasteiger partial charge is 0.361 e. The summed E-state index contributed by atoms with van der Waals surface area (Å²) in [5.74, 6) is -3.88. The average Bonchev–Trinajstić information content (AvgIpc) is 3.08. The number of nitrogen functional groups attached to an aromatic ring is 1. The van der Waals surface area contributed by atoms with Gasteiger partial charge in [0.25, 0.3) is 5.92 Å². The van der Waals surface area contributed by atoms with Crippen molar-refractivity contribution in [3.63, 3.8) is 0 Å². The lowest BCUT2D eigenvalue weighted by Crippen LogP contribution is -2.27. The van der Waals surface area contributed by atoms with Crippen LogP contribution in [0.25, 0.3) is 5.69 Å². The van der Waals surface area contributed by atoms with Gasteiger partial charge in [-0.1, -0.05) is 0 Å². The molecule has 0 spiro atoms. The number of ether oxygens (including phenoxy) is 1. The van der Waals surface area contributed by atoms with Gasteiger partial charge in [0.2, 0.25) is 0 Å². The van der Waals surface area contributed by atoms with Crippen LogP contribution in [0.1, 0.15) is 23.8 Å². The summed E-state index contributed by atoms with van der Waals surface area (Å²) in [6, 6.07) is 5.27. The average molecular weight is 354 g/mol. The minimum Gasteiger partial charge on any atom is -0.461 e. The summed E-state index contributed by atoms with van der Waals surface area (Å²) in [6.07, 6.45) is -0.324. The molecule has 134 valence electrons. The van der Waals surface area contributed by atoms with Crippen LogP contribution in [0.15, 0.2) is 24.3 Å². The van der Waals surface area contributed by atoms with Gasteiger partial charge in [-0.3, -0.25) is 0 Å². The first-order valence-corrected chi connectivity index (χ1v) is 7.77. The van der Waals surface area contributed by atoms with Crippen molar-refractivity contribution < 1.29 is 22.7 Å². The second kappa shape index (κ2) is 6.30. The number of halogens is 3. The molecule has 3 rings (SSSR count). The molecule has 0 atom stereocenters. The van der Waals surface area contributed by atoms with E-state index in [0.29, 0.717) is 5.69 Å². The second-order valence-corrected chi connectivity index (χ2v) is 5.72. The second-order valence-electron chi connectivity index (χ2n) is 5.72. The molecule has 6 nitrogen and oxygen atoms in total. The number of alkyl halides is 2.